The Morgan fingerprint density at radius 1 is 1.06 bits per heavy atom. The van der Waals surface area contributed by atoms with Gasteiger partial charge in [0.05, 0.1) is 5.57 Å². The molecule has 1 amide bonds. The Morgan fingerprint density at radius 3 is 2.59 bits per heavy atom. The molecule has 0 spiro atoms. The van der Waals surface area contributed by atoms with Gasteiger partial charge in [-0.15, -0.1) is 0 Å². The molecule has 6 nitrogen and oxygen atoms in total. The molecule has 0 saturated carbocycles. The number of amides is 1. The lowest BCUT2D eigenvalue weighted by atomic mass is 10.1. The van der Waals surface area contributed by atoms with Crippen LogP contribution in [0.15, 0.2) is 64.2 Å². The fourth-order valence-corrected chi connectivity index (χ4v) is 5.09. The van der Waals surface area contributed by atoms with Crippen molar-refractivity contribution < 1.29 is 9.18 Å². The van der Waals surface area contributed by atoms with E-state index in [4.69, 9.17) is 5.41 Å². The van der Waals surface area contributed by atoms with E-state index in [-0.39, 0.29) is 16.6 Å². The summed E-state index contributed by atoms with van der Waals surface area (Å²) in [7, 11) is 0. The number of aromatic nitrogens is 1. The molecule has 0 unspecified atom stereocenters. The molecule has 0 atom stereocenters. The summed E-state index contributed by atoms with van der Waals surface area (Å²) in [5.41, 5.74) is 6.73. The molecule has 34 heavy (non-hydrogen) atoms. The van der Waals surface area contributed by atoms with Crippen LogP contribution in [0.2, 0.25) is 0 Å². The first-order valence-corrected chi connectivity index (χ1v) is 11.6. The SMILES string of the molecule is Cc1cccc(-n2c(C)cc(/C=C3\C(=N)N4N=C(c5ccccc5F)SC4=NC3=O)c2C)c1C. The summed E-state index contributed by atoms with van der Waals surface area (Å²) in [6.07, 6.45) is 1.69. The Morgan fingerprint density at radius 2 is 1.82 bits per heavy atom. The topological polar surface area (TPSA) is 73.8 Å². The zero-order valence-electron chi connectivity index (χ0n) is 19.2. The van der Waals surface area contributed by atoms with Crippen molar-refractivity contribution >= 4 is 39.8 Å². The second-order valence-electron chi connectivity index (χ2n) is 8.29. The van der Waals surface area contributed by atoms with Crippen molar-refractivity contribution in [2.45, 2.75) is 27.7 Å². The Kier molecular flexibility index (Phi) is 5.32. The van der Waals surface area contributed by atoms with E-state index in [0.717, 1.165) is 34.4 Å². The van der Waals surface area contributed by atoms with E-state index in [9.17, 15) is 9.18 Å². The van der Waals surface area contributed by atoms with Gasteiger partial charge in [-0.3, -0.25) is 10.2 Å². The number of hydrazone groups is 1. The number of nitrogens with one attached hydrogen (secondary N) is 1. The molecule has 0 bridgehead atoms. The van der Waals surface area contributed by atoms with Gasteiger partial charge < -0.3 is 4.57 Å². The largest absolute Gasteiger partial charge is 0.318 e. The second-order valence-corrected chi connectivity index (χ2v) is 9.24. The molecule has 170 valence electrons. The second kappa shape index (κ2) is 8.22. The number of hydrogen-bond acceptors (Lipinski definition) is 4. The van der Waals surface area contributed by atoms with Gasteiger partial charge in [0, 0.05) is 22.6 Å². The summed E-state index contributed by atoms with van der Waals surface area (Å²) in [6.45, 7) is 8.18. The number of benzene rings is 2. The van der Waals surface area contributed by atoms with Gasteiger partial charge in [-0.25, -0.2) is 4.39 Å². The van der Waals surface area contributed by atoms with E-state index in [0.29, 0.717) is 10.6 Å². The third-order valence-electron chi connectivity index (χ3n) is 6.15. The highest BCUT2D eigenvalue weighted by molar-refractivity contribution is 8.27. The molecule has 1 aromatic heterocycles. The summed E-state index contributed by atoms with van der Waals surface area (Å²) in [5.74, 6) is -1.00. The number of amidine groups is 2. The minimum atomic E-state index is -0.509. The number of carbonyl (C=O) groups is 1. The lowest BCUT2D eigenvalue weighted by Crippen LogP contribution is -2.35. The fraction of sp³-hybridized carbons (Fsp3) is 0.154. The van der Waals surface area contributed by atoms with Gasteiger partial charge in [-0.2, -0.15) is 15.1 Å². The molecule has 2 aliphatic heterocycles. The zero-order chi connectivity index (χ0) is 24.1. The fourth-order valence-electron chi connectivity index (χ4n) is 4.17. The number of hydrogen-bond donors (Lipinski definition) is 1. The molecule has 1 N–H and O–H groups in total. The Labute approximate surface area is 201 Å². The number of halogens is 1. The van der Waals surface area contributed by atoms with Gasteiger partial charge in [0.2, 0.25) is 5.17 Å². The lowest BCUT2D eigenvalue weighted by molar-refractivity contribution is -0.114. The molecule has 2 aliphatic rings. The number of carbonyl (C=O) groups excluding carboxylic acids is 1. The van der Waals surface area contributed by atoms with Gasteiger partial charge in [-0.1, -0.05) is 24.3 Å². The van der Waals surface area contributed by atoms with E-state index in [1.807, 2.05) is 26.0 Å². The molecule has 0 radical (unpaired) electrons. The summed E-state index contributed by atoms with van der Waals surface area (Å²) in [4.78, 5) is 17.0. The Hall–Kier alpha value is -3.78. The number of rotatable bonds is 3. The summed E-state index contributed by atoms with van der Waals surface area (Å²) >= 11 is 1.08. The number of thioether (sulfide) groups is 1. The normalized spacial score (nSPS) is 16.7. The monoisotopic (exact) mass is 471 g/mol. The van der Waals surface area contributed by atoms with Crippen LogP contribution in [0.5, 0.6) is 0 Å². The highest BCUT2D eigenvalue weighted by atomic mass is 32.2. The molecule has 0 aliphatic carbocycles. The maximum absolute atomic E-state index is 14.2. The van der Waals surface area contributed by atoms with Crippen LogP contribution in [0.4, 0.5) is 4.39 Å². The molecular weight excluding hydrogens is 449 g/mol. The average Bonchev–Trinajstić information content (AvgIpc) is 3.34. The molecule has 3 heterocycles. The van der Waals surface area contributed by atoms with Crippen LogP contribution in [-0.4, -0.2) is 31.5 Å². The predicted molar refractivity (Wildman–Crippen MR) is 135 cm³/mol. The van der Waals surface area contributed by atoms with Gasteiger partial charge >= 0.3 is 0 Å². The number of fused-ring (bicyclic) bond motifs is 1. The minimum Gasteiger partial charge on any atom is -0.318 e. The number of nitrogens with zero attached hydrogens (tertiary/aromatic N) is 4. The maximum Gasteiger partial charge on any atom is 0.283 e. The van der Waals surface area contributed by atoms with E-state index >= 15 is 0 Å². The molecule has 3 aromatic rings. The van der Waals surface area contributed by atoms with Crippen LogP contribution in [0.25, 0.3) is 11.8 Å². The molecule has 8 heteroatoms. The van der Waals surface area contributed by atoms with Gasteiger partial charge in [0.25, 0.3) is 5.91 Å². The van der Waals surface area contributed by atoms with Crippen molar-refractivity contribution in [3.63, 3.8) is 0 Å². The minimum absolute atomic E-state index is 0.0784. The van der Waals surface area contributed by atoms with Crippen LogP contribution in [0.3, 0.4) is 0 Å². The van der Waals surface area contributed by atoms with Gasteiger partial charge in [-0.05, 0) is 86.5 Å². The van der Waals surface area contributed by atoms with E-state index in [2.05, 4.69) is 40.6 Å². The van der Waals surface area contributed by atoms with Gasteiger partial charge in [0.1, 0.15) is 10.9 Å². The molecule has 5 rings (SSSR count). The molecule has 2 aromatic carbocycles. The quantitative estimate of drug-likeness (QED) is 0.512. The first-order chi connectivity index (χ1) is 16.3. The zero-order valence-corrected chi connectivity index (χ0v) is 20.0. The molecular formula is C26H22FN5OS. The van der Waals surface area contributed by atoms with Crippen LogP contribution in [-0.2, 0) is 4.79 Å². The van der Waals surface area contributed by atoms with Crippen LogP contribution >= 0.6 is 11.8 Å². The summed E-state index contributed by atoms with van der Waals surface area (Å²) < 4.78 is 16.4. The lowest BCUT2D eigenvalue weighted by Gasteiger charge is -2.20. The van der Waals surface area contributed by atoms with Crippen molar-refractivity contribution in [2.75, 3.05) is 0 Å². The molecule has 0 saturated heterocycles. The highest BCUT2D eigenvalue weighted by Gasteiger charge is 2.36. The summed E-state index contributed by atoms with van der Waals surface area (Å²) in [6, 6.07) is 14.5. The summed E-state index contributed by atoms with van der Waals surface area (Å²) in [5, 5.41) is 14.9. The Balaban J connectivity index is 1.54. The van der Waals surface area contributed by atoms with E-state index in [1.54, 1.807) is 24.3 Å². The van der Waals surface area contributed by atoms with Crippen molar-refractivity contribution in [1.29, 1.82) is 5.41 Å². The predicted octanol–water partition coefficient (Wildman–Crippen LogP) is 5.52. The van der Waals surface area contributed by atoms with Crippen molar-refractivity contribution in [1.82, 2.24) is 9.58 Å². The van der Waals surface area contributed by atoms with Crippen LogP contribution < -0.4 is 0 Å². The highest BCUT2D eigenvalue weighted by Crippen LogP contribution is 2.32. The van der Waals surface area contributed by atoms with Crippen molar-refractivity contribution in [3.8, 4) is 5.69 Å². The van der Waals surface area contributed by atoms with Crippen molar-refractivity contribution in [2.24, 2.45) is 10.1 Å². The maximum atomic E-state index is 14.2. The number of aryl methyl sites for hydroxylation is 2. The standard InChI is InChI=1S/C26H22FN5OS/c1-14-8-7-11-22(16(14)3)31-15(2)12-18(17(31)4)13-20-23(28)32-26(29-24(20)33)34-25(30-32)19-9-5-6-10-21(19)27/h5-13,28H,1-4H3/b20-13+,28-23?. The number of aliphatic imine (C=N–C) groups is 1. The first kappa shape index (κ1) is 22.0. The van der Waals surface area contributed by atoms with Crippen molar-refractivity contribution in [3.05, 3.63) is 93.6 Å². The van der Waals surface area contributed by atoms with E-state index < -0.39 is 11.7 Å². The van der Waals surface area contributed by atoms with Gasteiger partial charge in [0.15, 0.2) is 5.84 Å². The average molecular weight is 472 g/mol. The van der Waals surface area contributed by atoms with Crippen LogP contribution in [0, 0.1) is 38.9 Å². The smallest absolute Gasteiger partial charge is 0.283 e. The Bertz CT molecular complexity index is 1480. The first-order valence-electron chi connectivity index (χ1n) is 10.8. The van der Waals surface area contributed by atoms with E-state index in [1.165, 1.54) is 22.2 Å². The third kappa shape index (κ3) is 3.51. The molecule has 0 fully saturated rings. The van der Waals surface area contributed by atoms with Crippen LogP contribution in [0.1, 0.15) is 33.6 Å². The third-order valence-corrected chi connectivity index (χ3v) is 7.09.